The van der Waals surface area contributed by atoms with Gasteiger partial charge in [0.2, 0.25) is 0 Å². The fourth-order valence-electron chi connectivity index (χ4n) is 15.0. The van der Waals surface area contributed by atoms with Crippen LogP contribution in [0.3, 0.4) is 0 Å². The van der Waals surface area contributed by atoms with Crippen molar-refractivity contribution in [2.45, 2.75) is 251 Å². The molecule has 46 heteroatoms. The largest absolute Gasteiger partial charge is 0.398 e. The van der Waals surface area contributed by atoms with Crippen molar-refractivity contribution in [3.63, 3.8) is 0 Å². The number of nitrogen functional groups attached to an aromatic ring is 1. The summed E-state index contributed by atoms with van der Waals surface area (Å²) in [5, 5.41) is 266. The van der Waals surface area contributed by atoms with Crippen molar-refractivity contribution in [3.8, 4) is 0 Å². The summed E-state index contributed by atoms with van der Waals surface area (Å²) in [7, 11) is 0. The van der Waals surface area contributed by atoms with Gasteiger partial charge in [0.25, 0.3) is 0 Å². The summed E-state index contributed by atoms with van der Waals surface area (Å²) < 4.78 is 84.8. The molecule has 2 aromatic heterocycles. The molecule has 0 radical (unpaired) electrons. The van der Waals surface area contributed by atoms with Gasteiger partial charge in [-0.1, -0.05) is 12.1 Å². The highest BCUT2D eigenvalue weighted by molar-refractivity contribution is 7.98. The van der Waals surface area contributed by atoms with E-state index < -0.39 is 273 Å². The van der Waals surface area contributed by atoms with Gasteiger partial charge in [-0.2, -0.15) is 23.5 Å². The SMILES string of the molecule is Nc1ccc(CNc2cc3cc(c2)NCc2nc(cs2)CSC[C@H]2O[C@@H]4O[C@H]5C(O)C(O)[C@H](O[C@@H]5CO)O[C@H]5C(O)C(O)[C@H](O[C@@H]5CO)O[C@H]5C(O)C(O)[C@H](O[C@@H]5CSCc5csc(n5)CN3)O[C@H]3C(O)C(O)[C@H](O[C@@H]3CO)O[C@H]3C(O)C(O)[C@@H](O[C@@H]3CO)O[C@H]3C(O)C(O)[C@H](O[C@@H]3CO)O[C@H]2C(O)C4O)cc1C(CO)(CO)CO. The molecule has 2 aromatic carbocycles. The van der Waals surface area contributed by atoms with Gasteiger partial charge < -0.3 is 200 Å². The number of rotatable bonds is 12. The molecule has 24 aliphatic heterocycles. The average molecular weight is 1720 g/mol. The maximum absolute atomic E-state index is 12.2. The van der Waals surface area contributed by atoms with E-state index in [0.29, 0.717) is 49.6 Å². The molecular formula is C69H100N6O36S4. The predicted molar refractivity (Wildman–Crippen MR) is 393 cm³/mol. The van der Waals surface area contributed by atoms with Crippen LogP contribution in [0, 0.1) is 0 Å². The molecule has 21 saturated heterocycles. The van der Waals surface area contributed by atoms with Gasteiger partial charge in [-0.15, -0.1) is 22.7 Å². The Morgan fingerprint density at radius 2 is 0.687 bits per heavy atom. The van der Waals surface area contributed by atoms with Crippen LogP contribution >= 0.6 is 46.2 Å². The number of hydrogen-bond acceptors (Lipinski definition) is 46. The third-order valence-corrected chi connectivity index (χ3v) is 25.5. The molecule has 24 aliphatic rings. The van der Waals surface area contributed by atoms with Crippen molar-refractivity contribution in [3.05, 3.63) is 79.7 Å². The molecule has 4 aromatic rings. The number of nitrogens with one attached hydrogen (secondary N) is 3. The van der Waals surface area contributed by atoms with Gasteiger partial charge in [0.15, 0.2) is 44.0 Å². The Bertz CT molecular complexity index is 3640. The molecule has 0 aliphatic carbocycles. The summed E-state index contributed by atoms with van der Waals surface area (Å²) in [6.07, 6.45) is -69.9. The smallest absolute Gasteiger partial charge is 0.187 e. The summed E-state index contributed by atoms with van der Waals surface area (Å²) in [6.45, 7) is -6.45. The number of aliphatic hydroxyl groups is 22. The Morgan fingerprint density at radius 3 is 1.00 bits per heavy atom. The zero-order valence-electron chi connectivity index (χ0n) is 61.1. The number of aliphatic hydroxyl groups excluding tert-OH is 22. The van der Waals surface area contributed by atoms with E-state index in [1.54, 1.807) is 29.0 Å². The first-order chi connectivity index (χ1) is 55.2. The van der Waals surface area contributed by atoms with Crippen LogP contribution in [0.1, 0.15) is 32.5 Å². The summed E-state index contributed by atoms with van der Waals surface area (Å²) in [5.74, 6) is -0.166. The lowest BCUT2D eigenvalue weighted by Crippen LogP contribution is -2.68. The molecule has 115 heavy (non-hydrogen) atoms. The summed E-state index contributed by atoms with van der Waals surface area (Å²) in [6, 6.07) is 10.6. The van der Waals surface area contributed by atoms with E-state index in [9.17, 15) is 112 Å². The first kappa shape index (κ1) is 88.9. The number of benzene rings is 2. The maximum Gasteiger partial charge on any atom is 0.187 e. The molecule has 0 spiro atoms. The number of hydrogen-bond donors (Lipinski definition) is 26. The highest BCUT2D eigenvalue weighted by Gasteiger charge is 2.60. The van der Waals surface area contributed by atoms with Crippen LogP contribution in [0.2, 0.25) is 0 Å². The second-order valence-electron chi connectivity index (χ2n) is 29.3. The number of aromatic nitrogens is 2. The highest BCUT2D eigenvalue weighted by atomic mass is 32.2. The minimum Gasteiger partial charge on any atom is -0.398 e. The van der Waals surface area contributed by atoms with E-state index in [2.05, 4.69) is 16.0 Å². The molecule has 0 saturated carbocycles. The Morgan fingerprint density at radius 1 is 0.383 bits per heavy atom. The van der Waals surface area contributed by atoms with Crippen molar-refractivity contribution < 1.29 is 179 Å². The molecule has 0 amide bonds. The fourth-order valence-corrected chi connectivity index (χ4v) is 18.6. The summed E-state index contributed by atoms with van der Waals surface area (Å²) >= 11 is 4.90. The van der Waals surface area contributed by atoms with Crippen molar-refractivity contribution in [1.82, 2.24) is 9.97 Å². The normalized spacial score (nSPS) is 42.2. The Hall–Kier alpha value is -3.84. The number of nitrogens with two attached hydrogens (primary N) is 1. The first-order valence-electron chi connectivity index (χ1n) is 37.1. The second kappa shape index (κ2) is 39.1. The summed E-state index contributed by atoms with van der Waals surface area (Å²) in [4.78, 5) is 9.70. The number of thioether (sulfide) groups is 2. The molecular weight excluding hydrogens is 1620 g/mol. The van der Waals surface area contributed by atoms with E-state index in [1.165, 1.54) is 22.7 Å². The van der Waals surface area contributed by atoms with Crippen LogP contribution in [-0.4, -0.2) is 402 Å². The molecule has 28 rings (SSSR count). The lowest BCUT2D eigenvalue weighted by atomic mass is 9.81. The van der Waals surface area contributed by atoms with E-state index in [1.807, 2.05) is 18.2 Å². The van der Waals surface area contributed by atoms with Crippen molar-refractivity contribution in [2.75, 3.05) is 86.0 Å². The Balaban J connectivity index is 0.857. The van der Waals surface area contributed by atoms with E-state index in [-0.39, 0.29) is 48.3 Å². The Kier molecular flexibility index (Phi) is 30.3. The van der Waals surface area contributed by atoms with E-state index in [4.69, 9.17) is 82.0 Å². The van der Waals surface area contributed by atoms with Crippen LogP contribution in [0.15, 0.2) is 47.2 Å². The third-order valence-electron chi connectivity index (χ3n) is 21.6. The van der Waals surface area contributed by atoms with Gasteiger partial charge in [-0.05, 0) is 35.4 Å². The quantitative estimate of drug-likeness (QED) is 0.0586. The van der Waals surface area contributed by atoms with Crippen LogP contribution in [0.4, 0.5) is 22.7 Å². The average Bonchev–Trinajstić information content (AvgIpc) is 0.818. The standard InChI is InChI=1S/C69H100N6O36S4/c70-31-2-1-24(3-30(31)69(21-81,22-82)23-83)7-71-25-4-26-6-27(5-25)73-9-40-75-29(18-115-40)16-113-20-38-61-46(89)53(96)67(103-38)108-58-35(13-79)99-63(49(92)42(58)85)105-55-32(10-76)98-62(48(91)41(55)84)106-56-33(11-77)101-65(51(94)44(56)87)110-60-37(19-112-15-28-17-114-39(74-28)8-72-26)104-68(54(97)47(60)90)109-59-36(14-80)100-64(50(93)43(59)86)107-57-34(12-78)102-66(111-61)52(95)45(57)88/h1-6,17-18,32-38,41-68,71-73,76-97H,7-16,19-23,70H2/t32-,33-,34-,35-,36-,37-,38-,41?,42?,43?,44?,45?,46?,47?,48?,49?,50?,51?,52?,53?,54?,55-,56-,57-,58-,59-,60-,61-,62+,63-,64-,65-,66-,67-,68-/m1/s1. The van der Waals surface area contributed by atoms with Gasteiger partial charge in [0, 0.05) is 63.1 Å². The van der Waals surface area contributed by atoms with Crippen molar-refractivity contribution in [1.29, 1.82) is 0 Å². The molecule has 14 unspecified atom stereocenters. The first-order valence-corrected chi connectivity index (χ1v) is 41.2. The van der Waals surface area contributed by atoms with Gasteiger partial charge in [0.05, 0.1) is 95.0 Å². The van der Waals surface area contributed by atoms with Crippen LogP contribution < -0.4 is 21.7 Å². The lowest BCUT2D eigenvalue weighted by Gasteiger charge is -2.50. The number of nitrogens with zero attached hydrogens (tertiary/aromatic N) is 2. The fraction of sp³-hybridized carbons (Fsp3) is 0.739. The van der Waals surface area contributed by atoms with Gasteiger partial charge in [-0.25, -0.2) is 9.97 Å². The summed E-state index contributed by atoms with van der Waals surface area (Å²) in [5.41, 5.74) is 9.07. The topological polar surface area (TPSA) is 662 Å². The lowest BCUT2D eigenvalue weighted by molar-refractivity contribution is -0.395. The second-order valence-corrected chi connectivity index (χ2v) is 33.3. The van der Waals surface area contributed by atoms with Gasteiger partial charge in [0.1, 0.15) is 169 Å². The Labute approximate surface area is 671 Å². The molecule has 22 bridgehead atoms. The predicted octanol–water partition coefficient (Wildman–Crippen LogP) is -9.49. The van der Waals surface area contributed by atoms with Crippen LogP contribution in [-0.2, 0) is 103 Å². The van der Waals surface area contributed by atoms with Crippen LogP contribution in [0.5, 0.6) is 0 Å². The molecule has 27 N–H and O–H groups in total. The van der Waals surface area contributed by atoms with Crippen LogP contribution in [0.25, 0.3) is 0 Å². The molecule has 646 valence electrons. The number of ether oxygens (including phenoxy) is 14. The molecule has 21 fully saturated rings. The van der Waals surface area contributed by atoms with Crippen molar-refractivity contribution >= 4 is 68.9 Å². The van der Waals surface area contributed by atoms with Gasteiger partial charge >= 0.3 is 0 Å². The third kappa shape index (κ3) is 19.2. The van der Waals surface area contributed by atoms with Gasteiger partial charge in [-0.3, -0.25) is 0 Å². The van der Waals surface area contributed by atoms with Crippen molar-refractivity contribution in [2.24, 2.45) is 0 Å². The number of anilines is 4. The maximum atomic E-state index is 12.2. The minimum absolute atomic E-state index is 0.127. The van der Waals surface area contributed by atoms with E-state index >= 15 is 0 Å². The molecule has 35 atom stereocenters. The van der Waals surface area contributed by atoms with E-state index in [0.717, 1.165) is 23.5 Å². The monoisotopic (exact) mass is 1720 g/mol. The molecule has 26 heterocycles. The minimum atomic E-state index is -2.23. The number of thiazole rings is 2. The molecule has 42 nitrogen and oxygen atoms in total. The zero-order chi connectivity index (χ0) is 82.0. The highest BCUT2D eigenvalue weighted by Crippen LogP contribution is 2.42. The zero-order valence-corrected chi connectivity index (χ0v) is 64.4.